The predicted octanol–water partition coefficient (Wildman–Crippen LogP) is 13.5. The minimum atomic E-state index is 0.602. The molecule has 1 fully saturated rings. The van der Waals surface area contributed by atoms with Crippen LogP contribution < -0.4 is 0 Å². The summed E-state index contributed by atoms with van der Waals surface area (Å²) >= 11 is 0. The molecule has 0 aliphatic heterocycles. The highest BCUT2D eigenvalue weighted by molar-refractivity contribution is 6.11. The van der Waals surface area contributed by atoms with Crippen molar-refractivity contribution in [2.45, 2.75) is 38.0 Å². The maximum atomic E-state index is 5.56. The van der Waals surface area contributed by atoms with Crippen molar-refractivity contribution < 1.29 is 0 Å². The number of rotatable bonds is 5. The van der Waals surface area contributed by atoms with Crippen LogP contribution in [0.15, 0.2) is 170 Å². The number of fused-ring (bicyclic) bond motifs is 9. The molecule has 0 bridgehead atoms. The second kappa shape index (κ2) is 12.8. The normalized spacial score (nSPS) is 13.9. The van der Waals surface area contributed by atoms with E-state index in [0.29, 0.717) is 11.7 Å². The van der Waals surface area contributed by atoms with Gasteiger partial charge in [0.05, 0.1) is 38.8 Å². The Morgan fingerprint density at radius 2 is 0.789 bits per heavy atom. The summed E-state index contributed by atoms with van der Waals surface area (Å²) < 4.78 is 7.09. The number of hydrogen-bond acceptors (Lipinski definition) is 2. The second-order valence-corrected chi connectivity index (χ2v) is 15.6. The van der Waals surface area contributed by atoms with Crippen LogP contribution in [-0.4, -0.2) is 23.7 Å². The van der Waals surface area contributed by atoms with Crippen LogP contribution in [0, 0.1) is 0 Å². The van der Waals surface area contributed by atoms with Gasteiger partial charge in [0.25, 0.3) is 0 Å². The van der Waals surface area contributed by atoms with E-state index in [9.17, 15) is 0 Å². The Labute approximate surface area is 330 Å². The lowest BCUT2D eigenvalue weighted by Crippen LogP contribution is -2.08. The average molecular weight is 734 g/mol. The number of para-hydroxylation sites is 6. The van der Waals surface area contributed by atoms with Gasteiger partial charge in [-0.3, -0.25) is 9.13 Å². The van der Waals surface area contributed by atoms with Crippen LogP contribution >= 0.6 is 0 Å². The molecule has 272 valence electrons. The Balaban J connectivity index is 1.17. The number of nitrogens with zero attached hydrogens (tertiary/aromatic N) is 5. The van der Waals surface area contributed by atoms with E-state index >= 15 is 0 Å². The summed E-state index contributed by atoms with van der Waals surface area (Å²) in [5.74, 6) is 2.93. The first-order chi connectivity index (χ1) is 28.3. The summed E-state index contributed by atoms with van der Waals surface area (Å²) in [5.41, 5.74) is 10.4. The van der Waals surface area contributed by atoms with E-state index in [-0.39, 0.29) is 0 Å². The zero-order valence-corrected chi connectivity index (χ0v) is 31.5. The SMILES string of the molecule is c1ccc(-n2c3ccccc3c3ccc(C4CCCCC4)cc32)c(-c2nc(-n3c4ccccc4c4ccccc43)cc(-n3c4ccccc4c4ccccc43)n2)c1. The molecule has 57 heavy (non-hydrogen) atoms. The van der Waals surface area contributed by atoms with Crippen molar-refractivity contribution in [3.05, 3.63) is 175 Å². The number of hydrogen-bond donors (Lipinski definition) is 0. The Morgan fingerprint density at radius 3 is 1.30 bits per heavy atom. The van der Waals surface area contributed by atoms with Crippen LogP contribution in [0.3, 0.4) is 0 Å². The fraction of sp³-hybridized carbons (Fsp3) is 0.115. The summed E-state index contributed by atoms with van der Waals surface area (Å²) in [6.07, 6.45) is 6.48. The molecule has 4 aromatic heterocycles. The Bertz CT molecular complexity index is 3120. The van der Waals surface area contributed by atoms with Gasteiger partial charge in [-0.15, -0.1) is 0 Å². The lowest BCUT2D eigenvalue weighted by molar-refractivity contribution is 0.444. The van der Waals surface area contributed by atoms with Crippen LogP contribution in [0.2, 0.25) is 0 Å². The Morgan fingerprint density at radius 1 is 0.368 bits per heavy atom. The Hall–Kier alpha value is -6.98. The minimum absolute atomic E-state index is 0.602. The van der Waals surface area contributed by atoms with E-state index in [2.05, 4.69) is 184 Å². The van der Waals surface area contributed by atoms with Gasteiger partial charge in [-0.1, -0.05) is 135 Å². The van der Waals surface area contributed by atoms with Crippen molar-refractivity contribution in [3.63, 3.8) is 0 Å². The molecule has 1 saturated carbocycles. The van der Waals surface area contributed by atoms with Gasteiger partial charge in [0.1, 0.15) is 11.6 Å². The quantitative estimate of drug-likeness (QED) is 0.177. The molecule has 0 saturated heterocycles. The third kappa shape index (κ3) is 4.95. The van der Waals surface area contributed by atoms with Crippen LogP contribution in [-0.2, 0) is 0 Å². The first-order valence-electron chi connectivity index (χ1n) is 20.3. The van der Waals surface area contributed by atoms with Crippen LogP contribution in [0.25, 0.3) is 94.1 Å². The van der Waals surface area contributed by atoms with Crippen LogP contribution in [0.5, 0.6) is 0 Å². The molecular weight excluding hydrogens is 695 g/mol. The third-order valence-corrected chi connectivity index (χ3v) is 12.5. The highest BCUT2D eigenvalue weighted by atomic mass is 15.1. The van der Waals surface area contributed by atoms with Gasteiger partial charge in [0.2, 0.25) is 0 Å². The fourth-order valence-electron chi connectivity index (χ4n) is 9.90. The van der Waals surface area contributed by atoms with Crippen molar-refractivity contribution in [2.75, 3.05) is 0 Å². The van der Waals surface area contributed by atoms with Crippen LogP contribution in [0.4, 0.5) is 0 Å². The van der Waals surface area contributed by atoms with Crippen molar-refractivity contribution in [1.29, 1.82) is 0 Å². The molecule has 11 aromatic rings. The van der Waals surface area contributed by atoms with E-state index in [0.717, 1.165) is 45.0 Å². The number of benzene rings is 7. The van der Waals surface area contributed by atoms with Gasteiger partial charge >= 0.3 is 0 Å². The summed E-state index contributed by atoms with van der Waals surface area (Å²) in [4.78, 5) is 11.1. The van der Waals surface area contributed by atoms with Crippen molar-refractivity contribution in [2.24, 2.45) is 0 Å². The van der Waals surface area contributed by atoms with E-state index in [1.807, 2.05) is 0 Å². The smallest absolute Gasteiger partial charge is 0.166 e. The van der Waals surface area contributed by atoms with Crippen molar-refractivity contribution >= 4 is 65.4 Å². The monoisotopic (exact) mass is 733 g/mol. The molecule has 5 nitrogen and oxygen atoms in total. The van der Waals surface area contributed by atoms with Gasteiger partial charge in [-0.2, -0.15) is 0 Å². The standard InChI is InChI=1S/C52H39N5/c1-2-16-34(17-3-1)35-30-31-41-40-22-4-10-24-43(40)55(49(41)32-35)48-29-15-9-23-42(48)52-53-50(56-44-25-11-5-18-36(44)37-19-6-12-26-45(37)56)33-51(54-52)57-46-27-13-7-20-38(46)39-21-8-14-28-47(39)57/h4-15,18-34H,1-3,16-17H2. The number of aromatic nitrogens is 5. The second-order valence-electron chi connectivity index (χ2n) is 15.6. The van der Waals surface area contributed by atoms with Crippen molar-refractivity contribution in [1.82, 2.24) is 23.7 Å². The maximum Gasteiger partial charge on any atom is 0.166 e. The first-order valence-corrected chi connectivity index (χ1v) is 20.3. The van der Waals surface area contributed by atoms with E-state index in [1.54, 1.807) is 0 Å². The van der Waals surface area contributed by atoms with Gasteiger partial charge in [0, 0.05) is 43.9 Å². The van der Waals surface area contributed by atoms with Crippen molar-refractivity contribution in [3.8, 4) is 28.7 Å². The maximum absolute atomic E-state index is 5.56. The van der Waals surface area contributed by atoms with Gasteiger partial charge in [-0.05, 0) is 72.9 Å². The minimum Gasteiger partial charge on any atom is -0.308 e. The summed E-state index contributed by atoms with van der Waals surface area (Å²) in [6, 6.07) is 61.5. The predicted molar refractivity (Wildman–Crippen MR) is 236 cm³/mol. The molecule has 0 amide bonds. The van der Waals surface area contributed by atoms with Crippen LogP contribution in [0.1, 0.15) is 43.6 Å². The van der Waals surface area contributed by atoms with E-state index in [1.165, 1.54) is 81.0 Å². The molecule has 4 heterocycles. The molecule has 12 rings (SSSR count). The summed E-state index contributed by atoms with van der Waals surface area (Å²) in [6.45, 7) is 0. The molecule has 0 radical (unpaired) electrons. The molecule has 0 unspecified atom stereocenters. The molecule has 7 aromatic carbocycles. The first kappa shape index (κ1) is 32.3. The molecule has 1 aliphatic carbocycles. The highest BCUT2D eigenvalue weighted by Crippen LogP contribution is 2.41. The summed E-state index contributed by atoms with van der Waals surface area (Å²) in [7, 11) is 0. The van der Waals surface area contributed by atoms with E-state index in [4.69, 9.17) is 9.97 Å². The molecule has 0 atom stereocenters. The molecule has 5 heteroatoms. The zero-order valence-electron chi connectivity index (χ0n) is 31.5. The fourth-order valence-corrected chi connectivity index (χ4v) is 9.90. The summed E-state index contributed by atoms with van der Waals surface area (Å²) in [5, 5.41) is 7.32. The van der Waals surface area contributed by atoms with Gasteiger partial charge in [0.15, 0.2) is 5.82 Å². The topological polar surface area (TPSA) is 40.6 Å². The molecular formula is C52H39N5. The lowest BCUT2D eigenvalue weighted by Gasteiger charge is -2.22. The average Bonchev–Trinajstić information content (AvgIpc) is 3.92. The highest BCUT2D eigenvalue weighted by Gasteiger charge is 2.23. The van der Waals surface area contributed by atoms with E-state index < -0.39 is 0 Å². The molecule has 0 spiro atoms. The molecule has 1 aliphatic rings. The van der Waals surface area contributed by atoms with Gasteiger partial charge < -0.3 is 4.57 Å². The lowest BCUT2D eigenvalue weighted by atomic mass is 9.84. The zero-order chi connectivity index (χ0) is 37.5. The third-order valence-electron chi connectivity index (χ3n) is 12.5. The Kier molecular flexibility index (Phi) is 7.24. The molecule has 0 N–H and O–H groups in total. The largest absolute Gasteiger partial charge is 0.308 e. The van der Waals surface area contributed by atoms with Gasteiger partial charge in [-0.25, -0.2) is 9.97 Å².